The molecular formula is C13H28N2O2. The minimum absolute atomic E-state index is 0.248. The maximum Gasteiger partial charge on any atom is 0.0494 e. The molecule has 1 aliphatic rings. The third-order valence-corrected chi connectivity index (χ3v) is 3.02. The Morgan fingerprint density at radius 2 is 2.12 bits per heavy atom. The maximum atomic E-state index is 5.95. The summed E-state index contributed by atoms with van der Waals surface area (Å²) in [5.74, 6) is 0.872. The minimum Gasteiger partial charge on any atom is -0.385 e. The lowest BCUT2D eigenvalue weighted by Crippen LogP contribution is -2.34. The zero-order valence-corrected chi connectivity index (χ0v) is 11.1. The monoisotopic (exact) mass is 244 g/mol. The van der Waals surface area contributed by atoms with Crippen LogP contribution in [0, 0.1) is 5.92 Å². The summed E-state index contributed by atoms with van der Waals surface area (Å²) in [4.78, 5) is 0. The zero-order valence-electron chi connectivity index (χ0n) is 11.1. The van der Waals surface area contributed by atoms with Crippen molar-refractivity contribution in [2.45, 2.75) is 38.1 Å². The van der Waals surface area contributed by atoms with E-state index >= 15 is 0 Å². The van der Waals surface area contributed by atoms with E-state index in [1.54, 1.807) is 7.11 Å². The summed E-state index contributed by atoms with van der Waals surface area (Å²) in [7, 11) is 1.73. The second-order valence-electron chi connectivity index (χ2n) is 4.97. The van der Waals surface area contributed by atoms with Crippen molar-refractivity contribution in [3.8, 4) is 0 Å². The van der Waals surface area contributed by atoms with Crippen molar-refractivity contribution in [1.29, 1.82) is 0 Å². The van der Waals surface area contributed by atoms with Gasteiger partial charge >= 0.3 is 0 Å². The van der Waals surface area contributed by atoms with Gasteiger partial charge in [-0.1, -0.05) is 0 Å². The Kier molecular flexibility index (Phi) is 8.61. The first-order valence-electron chi connectivity index (χ1n) is 6.86. The number of methoxy groups -OCH3 is 1. The maximum absolute atomic E-state index is 5.95. The van der Waals surface area contributed by atoms with Gasteiger partial charge in [0.15, 0.2) is 0 Å². The second kappa shape index (κ2) is 9.83. The van der Waals surface area contributed by atoms with Crippen LogP contribution >= 0.6 is 0 Å². The highest BCUT2D eigenvalue weighted by Gasteiger charge is 2.20. The Hall–Kier alpha value is -0.160. The van der Waals surface area contributed by atoms with Crippen LogP contribution in [-0.2, 0) is 9.47 Å². The van der Waals surface area contributed by atoms with Gasteiger partial charge in [-0.15, -0.1) is 0 Å². The fourth-order valence-corrected chi connectivity index (χ4v) is 1.71. The van der Waals surface area contributed by atoms with Crippen LogP contribution in [-0.4, -0.2) is 46.1 Å². The zero-order chi connectivity index (χ0) is 12.3. The van der Waals surface area contributed by atoms with E-state index in [2.05, 4.69) is 5.32 Å². The highest BCUT2D eigenvalue weighted by atomic mass is 16.5. The molecule has 4 heteroatoms. The van der Waals surface area contributed by atoms with Gasteiger partial charge in [-0.3, -0.25) is 0 Å². The molecule has 1 rings (SSSR count). The minimum atomic E-state index is 0.248. The molecule has 0 spiro atoms. The molecule has 1 atom stereocenters. The fourth-order valence-electron chi connectivity index (χ4n) is 1.71. The summed E-state index contributed by atoms with van der Waals surface area (Å²) in [6.07, 6.45) is 5.89. The van der Waals surface area contributed by atoms with Crippen molar-refractivity contribution in [2.24, 2.45) is 11.7 Å². The van der Waals surface area contributed by atoms with Crippen LogP contribution in [0.1, 0.15) is 32.1 Å². The summed E-state index contributed by atoms with van der Waals surface area (Å²) in [6, 6.07) is 0.248. The number of nitrogens with two attached hydrogens (primary N) is 1. The molecule has 0 aliphatic heterocycles. The number of hydrogen-bond donors (Lipinski definition) is 2. The van der Waals surface area contributed by atoms with Gasteiger partial charge in [0.25, 0.3) is 0 Å². The third-order valence-electron chi connectivity index (χ3n) is 3.02. The summed E-state index contributed by atoms with van der Waals surface area (Å²) in [6.45, 7) is 4.55. The summed E-state index contributed by atoms with van der Waals surface area (Å²) < 4.78 is 10.6. The van der Waals surface area contributed by atoms with Gasteiger partial charge in [-0.05, 0) is 44.6 Å². The molecule has 0 saturated heterocycles. The Bertz CT molecular complexity index is 175. The van der Waals surface area contributed by atoms with Crippen LogP contribution in [0.3, 0.4) is 0 Å². The predicted octanol–water partition coefficient (Wildman–Crippen LogP) is 1.15. The van der Waals surface area contributed by atoms with Crippen molar-refractivity contribution < 1.29 is 9.47 Å². The number of hydrogen-bond acceptors (Lipinski definition) is 4. The van der Waals surface area contributed by atoms with Crippen LogP contribution in [0.25, 0.3) is 0 Å². The molecule has 0 bridgehead atoms. The van der Waals surface area contributed by atoms with Crippen molar-refractivity contribution in [3.63, 3.8) is 0 Å². The molecule has 1 saturated carbocycles. The van der Waals surface area contributed by atoms with Crippen LogP contribution in [0.15, 0.2) is 0 Å². The first kappa shape index (κ1) is 14.9. The average molecular weight is 244 g/mol. The summed E-state index contributed by atoms with van der Waals surface area (Å²) in [5, 5.41) is 3.37. The van der Waals surface area contributed by atoms with Crippen LogP contribution < -0.4 is 11.1 Å². The molecule has 0 amide bonds. The summed E-state index contributed by atoms with van der Waals surface area (Å²) >= 11 is 0. The molecule has 0 aromatic carbocycles. The van der Waals surface area contributed by atoms with Crippen molar-refractivity contribution in [1.82, 2.24) is 5.32 Å². The molecule has 0 aromatic heterocycles. The second-order valence-corrected chi connectivity index (χ2v) is 4.97. The normalized spacial score (nSPS) is 17.3. The van der Waals surface area contributed by atoms with Gasteiger partial charge in [0, 0.05) is 39.5 Å². The largest absolute Gasteiger partial charge is 0.385 e. The van der Waals surface area contributed by atoms with Crippen LogP contribution in [0.5, 0.6) is 0 Å². The molecule has 0 aromatic rings. The van der Waals surface area contributed by atoms with E-state index in [4.69, 9.17) is 15.2 Å². The number of ether oxygens (including phenoxy) is 2. The lowest BCUT2D eigenvalue weighted by molar-refractivity contribution is 0.122. The molecule has 17 heavy (non-hydrogen) atoms. The number of rotatable bonds is 12. The molecule has 1 unspecified atom stereocenters. The third kappa shape index (κ3) is 9.53. The average Bonchev–Trinajstić information content (AvgIpc) is 3.12. The molecule has 1 aliphatic carbocycles. The van der Waals surface area contributed by atoms with E-state index < -0.39 is 0 Å². The standard InChI is InChI=1S/C13H28N2O2/c1-16-8-2-4-13(14)10-15-7-3-9-17-11-12-5-6-12/h12-13,15H,2-11,14H2,1H3. The van der Waals surface area contributed by atoms with E-state index in [0.717, 1.165) is 58.1 Å². The van der Waals surface area contributed by atoms with E-state index in [9.17, 15) is 0 Å². The number of nitrogens with one attached hydrogen (secondary N) is 1. The van der Waals surface area contributed by atoms with E-state index in [1.807, 2.05) is 0 Å². The fraction of sp³-hybridized carbons (Fsp3) is 1.00. The molecule has 4 nitrogen and oxygen atoms in total. The van der Waals surface area contributed by atoms with Crippen molar-refractivity contribution in [3.05, 3.63) is 0 Å². The van der Waals surface area contributed by atoms with Crippen molar-refractivity contribution in [2.75, 3.05) is 40.0 Å². The molecule has 3 N–H and O–H groups in total. The van der Waals surface area contributed by atoms with Gasteiger partial charge in [-0.25, -0.2) is 0 Å². The molecule has 0 radical (unpaired) electrons. The first-order chi connectivity index (χ1) is 8.33. The SMILES string of the molecule is COCCCC(N)CNCCCOCC1CC1. The smallest absolute Gasteiger partial charge is 0.0494 e. The van der Waals surface area contributed by atoms with Crippen molar-refractivity contribution >= 4 is 0 Å². The Labute approximate surface area is 105 Å². The lowest BCUT2D eigenvalue weighted by atomic mass is 10.2. The van der Waals surface area contributed by atoms with Crippen LogP contribution in [0.2, 0.25) is 0 Å². The first-order valence-corrected chi connectivity index (χ1v) is 6.86. The highest BCUT2D eigenvalue weighted by molar-refractivity contribution is 4.72. The Morgan fingerprint density at radius 3 is 2.82 bits per heavy atom. The van der Waals surface area contributed by atoms with Gasteiger partial charge in [0.2, 0.25) is 0 Å². The molecule has 1 fully saturated rings. The van der Waals surface area contributed by atoms with Gasteiger partial charge in [0.1, 0.15) is 0 Å². The van der Waals surface area contributed by atoms with E-state index in [-0.39, 0.29) is 6.04 Å². The topological polar surface area (TPSA) is 56.5 Å². The summed E-state index contributed by atoms with van der Waals surface area (Å²) in [5.41, 5.74) is 5.95. The van der Waals surface area contributed by atoms with Gasteiger partial charge in [0.05, 0.1) is 0 Å². The lowest BCUT2D eigenvalue weighted by Gasteiger charge is -2.12. The molecular weight excluding hydrogens is 216 g/mol. The Balaban J connectivity index is 1.72. The van der Waals surface area contributed by atoms with Crippen LogP contribution in [0.4, 0.5) is 0 Å². The highest BCUT2D eigenvalue weighted by Crippen LogP contribution is 2.28. The van der Waals surface area contributed by atoms with Gasteiger partial charge < -0.3 is 20.5 Å². The van der Waals surface area contributed by atoms with Gasteiger partial charge in [-0.2, -0.15) is 0 Å². The molecule has 102 valence electrons. The quantitative estimate of drug-likeness (QED) is 0.506. The van der Waals surface area contributed by atoms with E-state index in [1.165, 1.54) is 12.8 Å². The van der Waals surface area contributed by atoms with E-state index in [0.29, 0.717) is 0 Å². The molecule has 0 heterocycles. The Morgan fingerprint density at radius 1 is 1.29 bits per heavy atom. The predicted molar refractivity (Wildman–Crippen MR) is 70.1 cm³/mol.